The van der Waals surface area contributed by atoms with Crippen LogP contribution in [0.5, 0.6) is 0 Å². The molecule has 0 aliphatic rings. The van der Waals surface area contributed by atoms with E-state index in [-0.39, 0.29) is 11.5 Å². The van der Waals surface area contributed by atoms with Crippen molar-refractivity contribution >= 4 is 22.6 Å². The van der Waals surface area contributed by atoms with Gasteiger partial charge in [-0.15, -0.1) is 0 Å². The van der Waals surface area contributed by atoms with E-state index in [2.05, 4.69) is 22.6 Å². The standard InChI is InChI=1S/C3H6INO2/c4-2-1-3-5(6)7/h1-3H2. The third-order valence-electron chi connectivity index (χ3n) is 0.474. The number of halogens is 1. The number of nitro groups is 1. The summed E-state index contributed by atoms with van der Waals surface area (Å²) in [5.41, 5.74) is 0. The molecule has 0 saturated carbocycles. The number of nitrogens with zero attached hydrogens (tertiary/aromatic N) is 1. The van der Waals surface area contributed by atoms with Crippen molar-refractivity contribution in [3.8, 4) is 0 Å². The first kappa shape index (κ1) is 7.13. The highest BCUT2D eigenvalue weighted by Crippen LogP contribution is 1.86. The number of hydrogen-bond acceptors (Lipinski definition) is 2. The highest BCUT2D eigenvalue weighted by Gasteiger charge is 1.91. The Balaban J connectivity index is 2.82. The molecule has 0 fully saturated rings. The molecule has 0 N–H and O–H groups in total. The Bertz CT molecular complexity index is 66.0. The Hall–Kier alpha value is 0.130. The quantitative estimate of drug-likeness (QED) is 0.306. The van der Waals surface area contributed by atoms with Gasteiger partial charge in [-0.05, 0) is 0 Å². The molecule has 0 unspecified atom stereocenters. The van der Waals surface area contributed by atoms with Crippen LogP contribution in [0.3, 0.4) is 0 Å². The summed E-state index contributed by atoms with van der Waals surface area (Å²) in [6.07, 6.45) is 0.688. The summed E-state index contributed by atoms with van der Waals surface area (Å²) in [6, 6.07) is 0. The number of rotatable bonds is 3. The fourth-order valence-electron chi connectivity index (χ4n) is 0.189. The molecule has 7 heavy (non-hydrogen) atoms. The topological polar surface area (TPSA) is 43.1 Å². The van der Waals surface area contributed by atoms with Crippen molar-refractivity contribution in [1.29, 1.82) is 0 Å². The van der Waals surface area contributed by atoms with Crippen LogP contribution >= 0.6 is 22.6 Å². The zero-order chi connectivity index (χ0) is 5.70. The third kappa shape index (κ3) is 6.13. The predicted molar refractivity (Wildman–Crippen MR) is 35.4 cm³/mol. The van der Waals surface area contributed by atoms with Crippen LogP contribution in [0.4, 0.5) is 0 Å². The van der Waals surface area contributed by atoms with Crippen molar-refractivity contribution in [2.24, 2.45) is 0 Å². The first-order valence-corrected chi connectivity index (χ1v) is 3.47. The second-order valence-electron chi connectivity index (χ2n) is 1.10. The molecule has 0 heterocycles. The van der Waals surface area contributed by atoms with E-state index >= 15 is 0 Å². The third-order valence-corrected chi connectivity index (χ3v) is 1.24. The van der Waals surface area contributed by atoms with Crippen LogP contribution in [0.15, 0.2) is 0 Å². The molecule has 0 aromatic heterocycles. The molecular weight excluding hydrogens is 209 g/mol. The summed E-state index contributed by atoms with van der Waals surface area (Å²) in [5, 5.41) is 9.56. The van der Waals surface area contributed by atoms with Crippen LogP contribution in [0.1, 0.15) is 6.42 Å². The Morgan fingerprint density at radius 2 is 2.29 bits per heavy atom. The molecule has 0 spiro atoms. The molecule has 0 atom stereocenters. The smallest absolute Gasteiger partial charge is 0.204 e. The fourth-order valence-corrected chi connectivity index (χ4v) is 0.530. The van der Waals surface area contributed by atoms with E-state index in [0.29, 0.717) is 6.42 Å². The van der Waals surface area contributed by atoms with Gasteiger partial charge in [0.25, 0.3) is 0 Å². The molecule has 0 rings (SSSR count). The van der Waals surface area contributed by atoms with Gasteiger partial charge in [0.05, 0.1) is 0 Å². The van der Waals surface area contributed by atoms with Gasteiger partial charge in [-0.2, -0.15) is 0 Å². The lowest BCUT2D eigenvalue weighted by atomic mass is 10.5. The molecule has 0 aliphatic heterocycles. The first-order chi connectivity index (χ1) is 3.27. The zero-order valence-electron chi connectivity index (χ0n) is 3.76. The van der Waals surface area contributed by atoms with E-state index in [0.717, 1.165) is 4.43 Å². The molecule has 0 radical (unpaired) electrons. The molecular formula is C3H6INO2. The molecule has 4 heteroatoms. The maximum Gasteiger partial charge on any atom is 0.204 e. The zero-order valence-corrected chi connectivity index (χ0v) is 5.92. The van der Waals surface area contributed by atoms with Crippen molar-refractivity contribution in [3.05, 3.63) is 10.1 Å². The van der Waals surface area contributed by atoms with E-state index < -0.39 is 0 Å². The van der Waals surface area contributed by atoms with Gasteiger partial charge in [-0.3, -0.25) is 10.1 Å². The minimum atomic E-state index is -0.293. The summed E-state index contributed by atoms with van der Waals surface area (Å²) >= 11 is 2.12. The average molecular weight is 215 g/mol. The summed E-state index contributed by atoms with van der Waals surface area (Å²) < 4.78 is 0.874. The molecule has 0 aliphatic carbocycles. The predicted octanol–water partition coefficient (Wildman–Crippen LogP) is 1.09. The molecule has 0 saturated heterocycles. The van der Waals surface area contributed by atoms with Crippen molar-refractivity contribution in [3.63, 3.8) is 0 Å². The van der Waals surface area contributed by atoms with Crippen molar-refractivity contribution in [2.75, 3.05) is 11.0 Å². The normalized spacial score (nSPS) is 8.71. The average Bonchev–Trinajstić information content (AvgIpc) is 1.61. The first-order valence-electron chi connectivity index (χ1n) is 1.95. The van der Waals surface area contributed by atoms with Crippen LogP contribution in [0.2, 0.25) is 0 Å². The molecule has 0 aromatic rings. The van der Waals surface area contributed by atoms with E-state index in [1.54, 1.807) is 0 Å². The molecule has 0 amide bonds. The Morgan fingerprint density at radius 3 is 2.43 bits per heavy atom. The minimum absolute atomic E-state index is 0.114. The number of alkyl halides is 1. The summed E-state index contributed by atoms with van der Waals surface area (Å²) in [4.78, 5) is 9.27. The second-order valence-corrected chi connectivity index (χ2v) is 2.18. The number of hydrogen-bond donors (Lipinski definition) is 0. The highest BCUT2D eigenvalue weighted by atomic mass is 127. The summed E-state index contributed by atoms with van der Waals surface area (Å²) in [5.74, 6) is 0. The van der Waals surface area contributed by atoms with Gasteiger partial charge >= 0.3 is 0 Å². The van der Waals surface area contributed by atoms with Crippen LogP contribution < -0.4 is 0 Å². The van der Waals surface area contributed by atoms with Gasteiger partial charge in [-0.1, -0.05) is 22.6 Å². The Kier molecular flexibility index (Phi) is 4.37. The second kappa shape index (κ2) is 4.29. The highest BCUT2D eigenvalue weighted by molar-refractivity contribution is 14.1. The van der Waals surface area contributed by atoms with Crippen LogP contribution in [-0.4, -0.2) is 15.9 Å². The maximum atomic E-state index is 9.56. The van der Waals surface area contributed by atoms with Crippen LogP contribution in [0, 0.1) is 10.1 Å². The lowest BCUT2D eigenvalue weighted by molar-refractivity contribution is -0.479. The van der Waals surface area contributed by atoms with Crippen LogP contribution in [0.25, 0.3) is 0 Å². The van der Waals surface area contributed by atoms with Crippen molar-refractivity contribution in [1.82, 2.24) is 0 Å². The minimum Gasteiger partial charge on any atom is -0.265 e. The lowest BCUT2D eigenvalue weighted by Crippen LogP contribution is -1.99. The monoisotopic (exact) mass is 215 g/mol. The van der Waals surface area contributed by atoms with Gasteiger partial charge < -0.3 is 0 Å². The van der Waals surface area contributed by atoms with E-state index in [4.69, 9.17) is 0 Å². The van der Waals surface area contributed by atoms with Gasteiger partial charge in [0.2, 0.25) is 6.54 Å². The Labute approximate surface area is 55.4 Å². The van der Waals surface area contributed by atoms with E-state index in [1.165, 1.54) is 0 Å². The lowest BCUT2D eigenvalue weighted by Gasteiger charge is -1.84. The molecule has 42 valence electrons. The van der Waals surface area contributed by atoms with E-state index in [1.807, 2.05) is 0 Å². The fraction of sp³-hybridized carbons (Fsp3) is 1.00. The summed E-state index contributed by atoms with van der Waals surface area (Å²) in [7, 11) is 0. The van der Waals surface area contributed by atoms with Crippen molar-refractivity contribution in [2.45, 2.75) is 6.42 Å². The van der Waals surface area contributed by atoms with Gasteiger partial charge in [0, 0.05) is 15.8 Å². The Morgan fingerprint density at radius 1 is 1.71 bits per heavy atom. The van der Waals surface area contributed by atoms with Gasteiger partial charge in [0.1, 0.15) is 0 Å². The van der Waals surface area contributed by atoms with Gasteiger partial charge in [0.15, 0.2) is 0 Å². The molecule has 3 nitrogen and oxygen atoms in total. The largest absolute Gasteiger partial charge is 0.265 e. The molecule has 0 aromatic carbocycles. The van der Waals surface area contributed by atoms with Crippen molar-refractivity contribution < 1.29 is 4.92 Å². The van der Waals surface area contributed by atoms with Gasteiger partial charge in [-0.25, -0.2) is 0 Å². The molecule has 0 bridgehead atoms. The summed E-state index contributed by atoms with van der Waals surface area (Å²) in [6.45, 7) is 0.114. The van der Waals surface area contributed by atoms with E-state index in [9.17, 15) is 10.1 Å². The maximum absolute atomic E-state index is 9.56. The SMILES string of the molecule is O=[N+]([O-])CCCI. The van der Waals surface area contributed by atoms with Crippen LogP contribution in [-0.2, 0) is 0 Å².